The first kappa shape index (κ1) is 14.4. The van der Waals surface area contributed by atoms with Gasteiger partial charge in [-0.1, -0.05) is 17.7 Å². The number of carboxylic acids is 1. The van der Waals surface area contributed by atoms with E-state index in [2.05, 4.69) is 15.3 Å². The molecule has 0 bridgehead atoms. The Balaban J connectivity index is 1.86. The van der Waals surface area contributed by atoms with Crippen LogP contribution in [-0.4, -0.2) is 33.5 Å². The molecule has 0 aliphatic heterocycles. The summed E-state index contributed by atoms with van der Waals surface area (Å²) in [5.74, 6) is -1.39. The van der Waals surface area contributed by atoms with Gasteiger partial charge in [-0.3, -0.25) is 4.79 Å². The van der Waals surface area contributed by atoms with Crippen LogP contribution in [0.5, 0.6) is 0 Å². The molecule has 6 nitrogen and oxygen atoms in total. The SMILES string of the molecule is O=C(O)c1csc(CCNC(=O)c2cccc(Cl)n2)n1. The number of nitrogens with zero attached hydrogens (tertiary/aromatic N) is 2. The highest BCUT2D eigenvalue weighted by Gasteiger charge is 2.10. The quantitative estimate of drug-likeness (QED) is 0.822. The van der Waals surface area contributed by atoms with Gasteiger partial charge in [-0.15, -0.1) is 11.3 Å². The topological polar surface area (TPSA) is 92.2 Å². The van der Waals surface area contributed by atoms with Crippen LogP contribution in [0.4, 0.5) is 0 Å². The van der Waals surface area contributed by atoms with E-state index in [9.17, 15) is 9.59 Å². The molecule has 20 heavy (non-hydrogen) atoms. The van der Waals surface area contributed by atoms with Crippen molar-refractivity contribution in [3.05, 3.63) is 45.1 Å². The van der Waals surface area contributed by atoms with Crippen LogP contribution in [0.1, 0.15) is 26.0 Å². The lowest BCUT2D eigenvalue weighted by Crippen LogP contribution is -2.26. The highest BCUT2D eigenvalue weighted by atomic mass is 35.5. The van der Waals surface area contributed by atoms with E-state index >= 15 is 0 Å². The van der Waals surface area contributed by atoms with Gasteiger partial charge in [0, 0.05) is 18.3 Å². The van der Waals surface area contributed by atoms with Crippen LogP contribution in [0.15, 0.2) is 23.6 Å². The van der Waals surface area contributed by atoms with Crippen molar-refractivity contribution in [3.63, 3.8) is 0 Å². The summed E-state index contributed by atoms with van der Waals surface area (Å²) in [5, 5.41) is 13.8. The zero-order valence-electron chi connectivity index (χ0n) is 10.2. The molecule has 2 aromatic rings. The third-order valence-electron chi connectivity index (χ3n) is 2.34. The molecule has 0 unspecified atom stereocenters. The average molecular weight is 312 g/mol. The molecule has 8 heteroatoms. The zero-order chi connectivity index (χ0) is 14.5. The Morgan fingerprint density at radius 3 is 2.75 bits per heavy atom. The van der Waals surface area contributed by atoms with Gasteiger partial charge in [-0.05, 0) is 12.1 Å². The fourth-order valence-corrected chi connectivity index (χ4v) is 2.37. The summed E-state index contributed by atoms with van der Waals surface area (Å²) < 4.78 is 0. The van der Waals surface area contributed by atoms with Crippen molar-refractivity contribution in [2.24, 2.45) is 0 Å². The van der Waals surface area contributed by atoms with Gasteiger partial charge in [-0.25, -0.2) is 14.8 Å². The molecular weight excluding hydrogens is 302 g/mol. The number of aromatic nitrogens is 2. The summed E-state index contributed by atoms with van der Waals surface area (Å²) >= 11 is 6.94. The second kappa shape index (κ2) is 6.44. The predicted octanol–water partition coefficient (Wildman–Crippen LogP) is 1.86. The van der Waals surface area contributed by atoms with Gasteiger partial charge in [0.2, 0.25) is 0 Å². The standard InChI is InChI=1S/C12H10ClN3O3S/c13-9-3-1-2-7(15-9)11(17)14-5-4-10-16-8(6-20-10)12(18)19/h1-3,6H,4-5H2,(H,14,17)(H,18,19). The number of carboxylic acid groups (broad SMARTS) is 1. The second-order valence-corrected chi connectivity index (χ2v) is 5.11. The number of nitrogens with one attached hydrogen (secondary N) is 1. The fraction of sp³-hybridized carbons (Fsp3) is 0.167. The maximum absolute atomic E-state index is 11.8. The van der Waals surface area contributed by atoms with Crippen molar-refractivity contribution in [3.8, 4) is 0 Å². The van der Waals surface area contributed by atoms with Crippen molar-refractivity contribution in [1.29, 1.82) is 0 Å². The molecule has 2 N–H and O–H groups in total. The minimum atomic E-state index is -1.06. The highest BCUT2D eigenvalue weighted by molar-refractivity contribution is 7.09. The molecule has 2 rings (SSSR count). The van der Waals surface area contributed by atoms with Crippen LogP contribution in [0.2, 0.25) is 5.15 Å². The van der Waals surface area contributed by atoms with Crippen molar-refractivity contribution in [1.82, 2.24) is 15.3 Å². The van der Waals surface area contributed by atoms with Gasteiger partial charge in [0.25, 0.3) is 5.91 Å². The van der Waals surface area contributed by atoms with Gasteiger partial charge < -0.3 is 10.4 Å². The number of aromatic carboxylic acids is 1. The van der Waals surface area contributed by atoms with Crippen molar-refractivity contribution in [2.75, 3.05) is 6.54 Å². The number of carbonyl (C=O) groups excluding carboxylic acids is 1. The maximum Gasteiger partial charge on any atom is 0.355 e. The van der Waals surface area contributed by atoms with E-state index in [0.29, 0.717) is 18.0 Å². The second-order valence-electron chi connectivity index (χ2n) is 3.78. The van der Waals surface area contributed by atoms with Gasteiger partial charge in [0.15, 0.2) is 5.69 Å². The summed E-state index contributed by atoms with van der Waals surface area (Å²) in [6.45, 7) is 0.347. The zero-order valence-corrected chi connectivity index (χ0v) is 11.7. The van der Waals surface area contributed by atoms with Crippen LogP contribution < -0.4 is 5.32 Å². The maximum atomic E-state index is 11.8. The lowest BCUT2D eigenvalue weighted by Gasteiger charge is -2.03. The first-order chi connectivity index (χ1) is 9.56. The number of carbonyl (C=O) groups is 2. The molecule has 0 aliphatic carbocycles. The fourth-order valence-electron chi connectivity index (χ4n) is 1.43. The lowest BCUT2D eigenvalue weighted by molar-refractivity contribution is 0.0690. The van der Waals surface area contributed by atoms with Crippen LogP contribution in [0.25, 0.3) is 0 Å². The molecular formula is C12H10ClN3O3S. The minimum Gasteiger partial charge on any atom is -0.476 e. The van der Waals surface area contributed by atoms with E-state index in [1.54, 1.807) is 18.2 Å². The summed E-state index contributed by atoms with van der Waals surface area (Å²) in [6, 6.07) is 4.79. The Morgan fingerprint density at radius 1 is 1.30 bits per heavy atom. The molecule has 0 saturated carbocycles. The Bertz CT molecular complexity index is 644. The molecule has 0 radical (unpaired) electrons. The van der Waals surface area contributed by atoms with Gasteiger partial charge in [0.05, 0.1) is 5.01 Å². The van der Waals surface area contributed by atoms with Crippen LogP contribution in [-0.2, 0) is 6.42 Å². The molecule has 0 aromatic carbocycles. The van der Waals surface area contributed by atoms with Gasteiger partial charge in [0.1, 0.15) is 10.8 Å². The monoisotopic (exact) mass is 311 g/mol. The van der Waals surface area contributed by atoms with E-state index in [1.165, 1.54) is 16.7 Å². The number of rotatable bonds is 5. The van der Waals surface area contributed by atoms with Crippen molar-refractivity contribution >= 4 is 34.8 Å². The van der Waals surface area contributed by atoms with Gasteiger partial charge >= 0.3 is 5.97 Å². The van der Waals surface area contributed by atoms with Crippen molar-refractivity contribution < 1.29 is 14.7 Å². The van der Waals surface area contributed by atoms with E-state index in [1.807, 2.05) is 0 Å². The molecule has 104 valence electrons. The highest BCUT2D eigenvalue weighted by Crippen LogP contribution is 2.10. The van der Waals surface area contributed by atoms with E-state index < -0.39 is 5.97 Å². The predicted molar refractivity (Wildman–Crippen MR) is 74.4 cm³/mol. The Morgan fingerprint density at radius 2 is 2.10 bits per heavy atom. The number of halogens is 1. The summed E-state index contributed by atoms with van der Waals surface area (Å²) in [5.41, 5.74) is 0.260. The molecule has 0 spiro atoms. The Hall–Kier alpha value is -1.99. The van der Waals surface area contributed by atoms with E-state index in [0.717, 1.165) is 0 Å². The van der Waals surface area contributed by atoms with Crippen molar-refractivity contribution in [2.45, 2.75) is 6.42 Å². The smallest absolute Gasteiger partial charge is 0.355 e. The first-order valence-electron chi connectivity index (χ1n) is 5.64. The first-order valence-corrected chi connectivity index (χ1v) is 6.90. The lowest BCUT2D eigenvalue weighted by atomic mass is 10.3. The van der Waals surface area contributed by atoms with Crippen LogP contribution in [0, 0.1) is 0 Å². The number of hydrogen-bond acceptors (Lipinski definition) is 5. The molecule has 0 aliphatic rings. The number of thiazole rings is 1. The third kappa shape index (κ3) is 3.75. The molecule has 1 amide bonds. The molecule has 0 atom stereocenters. The molecule has 2 aromatic heterocycles. The number of amides is 1. The molecule has 2 heterocycles. The molecule has 0 fully saturated rings. The average Bonchev–Trinajstić information content (AvgIpc) is 2.87. The minimum absolute atomic E-state index is 0.0211. The summed E-state index contributed by atoms with van der Waals surface area (Å²) in [7, 11) is 0. The summed E-state index contributed by atoms with van der Waals surface area (Å²) in [4.78, 5) is 30.2. The Labute approximate surface area is 123 Å². The number of pyridine rings is 1. The van der Waals surface area contributed by atoms with E-state index in [4.69, 9.17) is 16.7 Å². The third-order valence-corrected chi connectivity index (χ3v) is 3.46. The normalized spacial score (nSPS) is 10.2. The van der Waals surface area contributed by atoms with Gasteiger partial charge in [-0.2, -0.15) is 0 Å². The van der Waals surface area contributed by atoms with E-state index in [-0.39, 0.29) is 22.4 Å². The Kier molecular flexibility index (Phi) is 4.65. The largest absolute Gasteiger partial charge is 0.476 e. The summed E-state index contributed by atoms with van der Waals surface area (Å²) in [6.07, 6.45) is 0.463. The van der Waals surface area contributed by atoms with Crippen LogP contribution >= 0.6 is 22.9 Å². The molecule has 0 saturated heterocycles. The van der Waals surface area contributed by atoms with Crippen LogP contribution in [0.3, 0.4) is 0 Å². The number of hydrogen-bond donors (Lipinski definition) is 2.